The van der Waals surface area contributed by atoms with Gasteiger partial charge in [0.15, 0.2) is 11.5 Å². The van der Waals surface area contributed by atoms with Crippen LogP contribution in [0.4, 0.5) is 0 Å². The van der Waals surface area contributed by atoms with Crippen LogP contribution in [0.25, 0.3) is 0 Å². The van der Waals surface area contributed by atoms with Gasteiger partial charge < -0.3 is 14.3 Å². The second-order valence-electron chi connectivity index (χ2n) is 5.00. The van der Waals surface area contributed by atoms with Crippen molar-refractivity contribution in [2.75, 3.05) is 13.2 Å². The Hall–Kier alpha value is -1.22. The van der Waals surface area contributed by atoms with Crippen LogP contribution in [0.1, 0.15) is 43.7 Å². The van der Waals surface area contributed by atoms with E-state index >= 15 is 0 Å². The summed E-state index contributed by atoms with van der Waals surface area (Å²) in [6.45, 7) is 5.49. The molecule has 0 aliphatic carbocycles. The highest BCUT2D eigenvalue weighted by Crippen LogP contribution is 2.44. The molecule has 0 N–H and O–H groups in total. The first kappa shape index (κ1) is 14.2. The summed E-state index contributed by atoms with van der Waals surface area (Å²) in [5, 5.41) is 0.571. The van der Waals surface area contributed by atoms with Crippen LogP contribution in [0.3, 0.4) is 0 Å². The summed E-state index contributed by atoms with van der Waals surface area (Å²) in [4.78, 5) is 10.6. The van der Waals surface area contributed by atoms with E-state index in [2.05, 4.69) is 13.8 Å². The Labute approximate surface area is 118 Å². The van der Waals surface area contributed by atoms with E-state index in [9.17, 15) is 4.79 Å². The fourth-order valence-electron chi connectivity index (χ4n) is 2.41. The summed E-state index contributed by atoms with van der Waals surface area (Å²) in [5.74, 6) is 1.72. The molecule has 1 aliphatic rings. The zero-order valence-corrected chi connectivity index (χ0v) is 12.1. The lowest BCUT2D eigenvalue weighted by Gasteiger charge is -2.20. The van der Waals surface area contributed by atoms with Gasteiger partial charge in [-0.15, -0.1) is 0 Å². The van der Waals surface area contributed by atoms with Crippen molar-refractivity contribution in [1.29, 1.82) is 0 Å². The Morgan fingerprint density at radius 1 is 1.32 bits per heavy atom. The molecule has 0 spiro atoms. The van der Waals surface area contributed by atoms with Gasteiger partial charge in [0.05, 0.1) is 18.2 Å². The second-order valence-corrected chi connectivity index (χ2v) is 5.41. The molecule has 1 aromatic carbocycles. The molecule has 1 aliphatic heterocycles. The standard InChI is InChI=1S/C15H19ClO3/c1-10(2)13-11(5-3-6-17)9-12(16)14-15(13)19-8-4-7-18-14/h6,9-10H,3-5,7-8H2,1-2H3. The molecule has 0 unspecified atom stereocenters. The maximum atomic E-state index is 10.6. The number of carbonyl (C=O) groups is 1. The number of halogens is 1. The van der Waals surface area contributed by atoms with Crippen molar-refractivity contribution in [3.05, 3.63) is 22.2 Å². The van der Waals surface area contributed by atoms with E-state index in [0.717, 1.165) is 29.6 Å². The molecule has 0 fully saturated rings. The molecule has 0 atom stereocenters. The Bertz CT molecular complexity index is 469. The average molecular weight is 283 g/mol. The van der Waals surface area contributed by atoms with Crippen molar-refractivity contribution in [2.45, 2.75) is 39.0 Å². The molecule has 0 aromatic heterocycles. The van der Waals surface area contributed by atoms with Crippen molar-refractivity contribution in [1.82, 2.24) is 0 Å². The van der Waals surface area contributed by atoms with Gasteiger partial charge >= 0.3 is 0 Å². The van der Waals surface area contributed by atoms with Gasteiger partial charge in [-0.25, -0.2) is 0 Å². The van der Waals surface area contributed by atoms with E-state index in [1.165, 1.54) is 0 Å². The highest BCUT2D eigenvalue weighted by Gasteiger charge is 2.23. The predicted molar refractivity (Wildman–Crippen MR) is 75.5 cm³/mol. The van der Waals surface area contributed by atoms with Crippen molar-refractivity contribution < 1.29 is 14.3 Å². The summed E-state index contributed by atoms with van der Waals surface area (Å²) in [7, 11) is 0. The summed E-state index contributed by atoms with van der Waals surface area (Å²) in [6, 6.07) is 1.91. The zero-order valence-electron chi connectivity index (χ0n) is 11.4. The largest absolute Gasteiger partial charge is 0.489 e. The minimum Gasteiger partial charge on any atom is -0.489 e. The molecule has 1 heterocycles. The van der Waals surface area contributed by atoms with Crippen LogP contribution in [0.15, 0.2) is 6.07 Å². The third-order valence-corrected chi connectivity index (χ3v) is 3.49. The molecule has 2 rings (SSSR count). The minimum absolute atomic E-state index is 0.300. The number of benzene rings is 1. The van der Waals surface area contributed by atoms with Crippen molar-refractivity contribution in [3.63, 3.8) is 0 Å². The number of carbonyl (C=O) groups excluding carboxylic acids is 1. The van der Waals surface area contributed by atoms with Gasteiger partial charge in [-0.1, -0.05) is 25.4 Å². The van der Waals surface area contributed by atoms with Crippen LogP contribution in [0.5, 0.6) is 11.5 Å². The molecule has 4 heteroatoms. The molecule has 1 aromatic rings. The Morgan fingerprint density at radius 2 is 2.00 bits per heavy atom. The number of fused-ring (bicyclic) bond motifs is 1. The van der Waals surface area contributed by atoms with Gasteiger partial charge in [-0.2, -0.15) is 0 Å². The highest BCUT2D eigenvalue weighted by atomic mass is 35.5. The van der Waals surface area contributed by atoms with Crippen molar-refractivity contribution >= 4 is 17.9 Å². The van der Waals surface area contributed by atoms with Gasteiger partial charge in [-0.3, -0.25) is 0 Å². The van der Waals surface area contributed by atoms with E-state index < -0.39 is 0 Å². The lowest BCUT2D eigenvalue weighted by atomic mass is 9.93. The monoisotopic (exact) mass is 282 g/mol. The first-order valence-corrected chi connectivity index (χ1v) is 7.07. The van der Waals surface area contributed by atoms with E-state index in [0.29, 0.717) is 42.7 Å². The fraction of sp³-hybridized carbons (Fsp3) is 0.533. The summed E-state index contributed by atoms with van der Waals surface area (Å²) in [5.41, 5.74) is 2.19. The number of aldehydes is 1. The van der Waals surface area contributed by atoms with E-state index in [4.69, 9.17) is 21.1 Å². The molecule has 0 saturated carbocycles. The first-order valence-electron chi connectivity index (χ1n) is 6.69. The molecule has 0 bridgehead atoms. The van der Waals surface area contributed by atoms with Gasteiger partial charge in [0, 0.05) is 18.4 Å². The van der Waals surface area contributed by atoms with Crippen molar-refractivity contribution in [2.24, 2.45) is 0 Å². The van der Waals surface area contributed by atoms with Gasteiger partial charge in [-0.05, 0) is 24.0 Å². The van der Waals surface area contributed by atoms with Crippen LogP contribution in [0.2, 0.25) is 5.02 Å². The number of hydrogen-bond acceptors (Lipinski definition) is 3. The van der Waals surface area contributed by atoms with E-state index in [1.54, 1.807) is 0 Å². The van der Waals surface area contributed by atoms with Gasteiger partial charge in [0.25, 0.3) is 0 Å². The molecule has 0 saturated heterocycles. The number of rotatable bonds is 4. The average Bonchev–Trinajstić information content (AvgIpc) is 2.61. The topological polar surface area (TPSA) is 35.5 Å². The lowest BCUT2D eigenvalue weighted by molar-refractivity contribution is -0.107. The predicted octanol–water partition coefficient (Wildman–Crippen LogP) is 3.76. The van der Waals surface area contributed by atoms with Gasteiger partial charge in [0.2, 0.25) is 0 Å². The normalized spacial score (nSPS) is 14.3. The minimum atomic E-state index is 0.300. The Morgan fingerprint density at radius 3 is 2.63 bits per heavy atom. The molecular weight excluding hydrogens is 264 g/mol. The molecule has 0 amide bonds. The van der Waals surface area contributed by atoms with E-state index in [1.807, 2.05) is 6.07 Å². The Balaban J connectivity index is 2.53. The van der Waals surface area contributed by atoms with Crippen molar-refractivity contribution in [3.8, 4) is 11.5 Å². The maximum Gasteiger partial charge on any atom is 0.180 e. The number of ether oxygens (including phenoxy) is 2. The summed E-state index contributed by atoms with van der Waals surface area (Å²) < 4.78 is 11.5. The SMILES string of the molecule is CC(C)c1c(CCC=O)cc(Cl)c2c1OCCCO2. The van der Waals surface area contributed by atoms with Crippen LogP contribution in [-0.4, -0.2) is 19.5 Å². The second kappa shape index (κ2) is 6.29. The molecule has 104 valence electrons. The molecule has 19 heavy (non-hydrogen) atoms. The quantitative estimate of drug-likeness (QED) is 0.789. The van der Waals surface area contributed by atoms with Crippen LogP contribution >= 0.6 is 11.6 Å². The highest BCUT2D eigenvalue weighted by molar-refractivity contribution is 6.32. The zero-order chi connectivity index (χ0) is 13.8. The summed E-state index contributed by atoms with van der Waals surface area (Å²) >= 11 is 6.28. The van der Waals surface area contributed by atoms with E-state index in [-0.39, 0.29) is 0 Å². The van der Waals surface area contributed by atoms with Crippen LogP contribution in [-0.2, 0) is 11.2 Å². The summed E-state index contributed by atoms with van der Waals surface area (Å²) in [6.07, 6.45) is 2.97. The number of aryl methyl sites for hydroxylation is 1. The maximum absolute atomic E-state index is 10.6. The molecule has 3 nitrogen and oxygen atoms in total. The third kappa shape index (κ3) is 3.03. The van der Waals surface area contributed by atoms with Gasteiger partial charge in [0.1, 0.15) is 6.29 Å². The third-order valence-electron chi connectivity index (χ3n) is 3.21. The first-order chi connectivity index (χ1) is 9.15. The Kier molecular flexibility index (Phi) is 4.70. The number of hydrogen-bond donors (Lipinski definition) is 0. The molecular formula is C15H19ClO3. The molecule has 0 radical (unpaired) electrons. The smallest absolute Gasteiger partial charge is 0.180 e. The lowest BCUT2D eigenvalue weighted by Crippen LogP contribution is -2.04. The fourth-order valence-corrected chi connectivity index (χ4v) is 2.68. The van der Waals surface area contributed by atoms with Crippen LogP contribution < -0.4 is 9.47 Å². The van der Waals surface area contributed by atoms with Crippen LogP contribution in [0, 0.1) is 0 Å².